The standard InChI is InChI=1S/C19H19N3O4/c23-18(9-8-17-20-19(21-26-17)15-7-4-11-24-15)22-10-12-25-16(13-22)14-5-2-1-3-6-14/h1-7,11,16H,8-10,12-13H2. The lowest BCUT2D eigenvalue weighted by Gasteiger charge is -2.33. The van der Waals surface area contributed by atoms with Crippen LogP contribution >= 0.6 is 0 Å². The van der Waals surface area contributed by atoms with Gasteiger partial charge in [-0.3, -0.25) is 4.79 Å². The average molecular weight is 353 g/mol. The molecule has 1 fully saturated rings. The zero-order valence-electron chi connectivity index (χ0n) is 14.2. The maximum Gasteiger partial charge on any atom is 0.238 e. The molecule has 0 N–H and O–H groups in total. The number of furan rings is 1. The van der Waals surface area contributed by atoms with E-state index < -0.39 is 0 Å². The molecule has 1 aromatic carbocycles. The first-order valence-corrected chi connectivity index (χ1v) is 8.60. The van der Waals surface area contributed by atoms with Crippen molar-refractivity contribution in [3.63, 3.8) is 0 Å². The van der Waals surface area contributed by atoms with Gasteiger partial charge in [-0.25, -0.2) is 0 Å². The molecule has 26 heavy (non-hydrogen) atoms. The van der Waals surface area contributed by atoms with E-state index >= 15 is 0 Å². The summed E-state index contributed by atoms with van der Waals surface area (Å²) in [4.78, 5) is 18.6. The number of aryl methyl sites for hydroxylation is 1. The van der Waals surface area contributed by atoms with Gasteiger partial charge < -0.3 is 18.6 Å². The van der Waals surface area contributed by atoms with Crippen LogP contribution in [0.5, 0.6) is 0 Å². The first-order chi connectivity index (χ1) is 12.8. The smallest absolute Gasteiger partial charge is 0.238 e. The van der Waals surface area contributed by atoms with Gasteiger partial charge in [0.05, 0.1) is 19.4 Å². The summed E-state index contributed by atoms with van der Waals surface area (Å²) in [6, 6.07) is 13.5. The first-order valence-electron chi connectivity index (χ1n) is 8.60. The second-order valence-electron chi connectivity index (χ2n) is 6.10. The molecule has 7 heteroatoms. The Morgan fingerprint density at radius 2 is 2.08 bits per heavy atom. The van der Waals surface area contributed by atoms with Gasteiger partial charge in [-0.05, 0) is 17.7 Å². The Morgan fingerprint density at radius 3 is 2.88 bits per heavy atom. The fraction of sp³-hybridized carbons (Fsp3) is 0.316. The summed E-state index contributed by atoms with van der Waals surface area (Å²) in [7, 11) is 0. The number of nitrogens with zero attached hydrogens (tertiary/aromatic N) is 3. The Morgan fingerprint density at radius 1 is 1.19 bits per heavy atom. The Kier molecular flexibility index (Phi) is 4.79. The number of hydrogen-bond acceptors (Lipinski definition) is 6. The van der Waals surface area contributed by atoms with E-state index in [4.69, 9.17) is 13.7 Å². The zero-order valence-corrected chi connectivity index (χ0v) is 14.2. The van der Waals surface area contributed by atoms with Crippen molar-refractivity contribution in [2.24, 2.45) is 0 Å². The van der Waals surface area contributed by atoms with Crippen LogP contribution in [0.15, 0.2) is 57.7 Å². The van der Waals surface area contributed by atoms with Crippen molar-refractivity contribution in [2.75, 3.05) is 19.7 Å². The lowest BCUT2D eigenvalue weighted by Crippen LogP contribution is -2.42. The van der Waals surface area contributed by atoms with Gasteiger partial charge in [-0.15, -0.1) is 0 Å². The van der Waals surface area contributed by atoms with Crippen LogP contribution in [0.25, 0.3) is 11.6 Å². The van der Waals surface area contributed by atoms with E-state index in [1.807, 2.05) is 35.2 Å². The summed E-state index contributed by atoms with van der Waals surface area (Å²) >= 11 is 0. The quantitative estimate of drug-likeness (QED) is 0.701. The van der Waals surface area contributed by atoms with Crippen molar-refractivity contribution >= 4 is 5.91 Å². The van der Waals surface area contributed by atoms with E-state index in [2.05, 4.69) is 10.1 Å². The molecule has 0 spiro atoms. The first kappa shape index (κ1) is 16.5. The summed E-state index contributed by atoms with van der Waals surface area (Å²) in [5.74, 6) is 1.43. The number of hydrogen-bond donors (Lipinski definition) is 0. The van der Waals surface area contributed by atoms with Gasteiger partial charge in [0.2, 0.25) is 17.6 Å². The van der Waals surface area contributed by atoms with Crippen LogP contribution in [-0.2, 0) is 16.0 Å². The van der Waals surface area contributed by atoms with Gasteiger partial charge in [0, 0.05) is 19.4 Å². The van der Waals surface area contributed by atoms with E-state index in [1.165, 1.54) is 0 Å². The average Bonchev–Trinajstić information content (AvgIpc) is 3.38. The number of carbonyl (C=O) groups is 1. The van der Waals surface area contributed by atoms with Gasteiger partial charge in [0.25, 0.3) is 0 Å². The summed E-state index contributed by atoms with van der Waals surface area (Å²) in [5.41, 5.74) is 1.09. The molecular formula is C19H19N3O4. The van der Waals surface area contributed by atoms with Crippen molar-refractivity contribution in [1.82, 2.24) is 15.0 Å². The number of carbonyl (C=O) groups excluding carboxylic acids is 1. The molecule has 0 aliphatic carbocycles. The van der Waals surface area contributed by atoms with Crippen LogP contribution in [0, 0.1) is 0 Å². The lowest BCUT2D eigenvalue weighted by atomic mass is 10.1. The highest BCUT2D eigenvalue weighted by atomic mass is 16.5. The number of aromatic nitrogens is 2. The minimum atomic E-state index is -0.0807. The van der Waals surface area contributed by atoms with Gasteiger partial charge in [0.1, 0.15) is 6.10 Å². The molecule has 1 aliphatic rings. The summed E-state index contributed by atoms with van der Waals surface area (Å²) in [6.07, 6.45) is 2.19. The zero-order chi connectivity index (χ0) is 17.8. The van der Waals surface area contributed by atoms with Crippen molar-refractivity contribution in [2.45, 2.75) is 18.9 Å². The topological polar surface area (TPSA) is 81.6 Å². The molecule has 1 atom stereocenters. The minimum absolute atomic E-state index is 0.0620. The molecule has 0 saturated carbocycles. The molecule has 3 heterocycles. The predicted octanol–water partition coefficient (Wildman–Crippen LogP) is 2.86. The SMILES string of the molecule is O=C(CCc1nc(-c2ccco2)no1)N1CCOC(c2ccccc2)C1. The van der Waals surface area contributed by atoms with E-state index in [0.29, 0.717) is 50.0 Å². The molecule has 4 rings (SSSR count). The maximum atomic E-state index is 12.5. The number of amides is 1. The second-order valence-corrected chi connectivity index (χ2v) is 6.10. The van der Waals surface area contributed by atoms with Gasteiger partial charge in [0.15, 0.2) is 5.76 Å². The predicted molar refractivity (Wildman–Crippen MR) is 92.0 cm³/mol. The van der Waals surface area contributed by atoms with Crippen LogP contribution in [-0.4, -0.2) is 40.6 Å². The van der Waals surface area contributed by atoms with E-state index in [9.17, 15) is 4.79 Å². The summed E-state index contributed by atoms with van der Waals surface area (Å²) < 4.78 is 16.2. The largest absolute Gasteiger partial charge is 0.461 e. The molecule has 3 aromatic rings. The second kappa shape index (κ2) is 7.53. The number of morpholine rings is 1. The molecule has 2 aromatic heterocycles. The lowest BCUT2D eigenvalue weighted by molar-refractivity contribution is -0.139. The van der Waals surface area contributed by atoms with Crippen LogP contribution in [0.1, 0.15) is 24.0 Å². The number of ether oxygens (including phenoxy) is 1. The highest BCUT2D eigenvalue weighted by Crippen LogP contribution is 2.22. The Balaban J connectivity index is 1.33. The summed E-state index contributed by atoms with van der Waals surface area (Å²) in [5, 5.41) is 3.88. The highest BCUT2D eigenvalue weighted by Gasteiger charge is 2.25. The van der Waals surface area contributed by atoms with E-state index in [1.54, 1.807) is 18.4 Å². The maximum absolute atomic E-state index is 12.5. The van der Waals surface area contributed by atoms with Gasteiger partial charge in [-0.1, -0.05) is 35.5 Å². The highest BCUT2D eigenvalue weighted by molar-refractivity contribution is 5.76. The third kappa shape index (κ3) is 3.67. The molecule has 1 aliphatic heterocycles. The molecule has 1 amide bonds. The molecule has 0 radical (unpaired) electrons. The minimum Gasteiger partial charge on any atom is -0.461 e. The third-order valence-electron chi connectivity index (χ3n) is 4.35. The Bertz CT molecular complexity index is 845. The van der Waals surface area contributed by atoms with Gasteiger partial charge in [-0.2, -0.15) is 4.98 Å². The van der Waals surface area contributed by atoms with Crippen LogP contribution < -0.4 is 0 Å². The fourth-order valence-corrected chi connectivity index (χ4v) is 2.98. The molecule has 1 unspecified atom stereocenters. The van der Waals surface area contributed by atoms with Crippen molar-refractivity contribution < 1.29 is 18.5 Å². The molecule has 1 saturated heterocycles. The Labute approximate surface area is 150 Å². The monoisotopic (exact) mass is 353 g/mol. The summed E-state index contributed by atoms with van der Waals surface area (Å²) in [6.45, 7) is 1.70. The number of rotatable bonds is 5. The van der Waals surface area contributed by atoms with Gasteiger partial charge >= 0.3 is 0 Å². The van der Waals surface area contributed by atoms with Crippen molar-refractivity contribution in [3.8, 4) is 11.6 Å². The molecule has 0 bridgehead atoms. The van der Waals surface area contributed by atoms with E-state index in [-0.39, 0.29) is 12.0 Å². The molecular weight excluding hydrogens is 334 g/mol. The molecule has 134 valence electrons. The van der Waals surface area contributed by atoms with Crippen LogP contribution in [0.2, 0.25) is 0 Å². The van der Waals surface area contributed by atoms with Crippen molar-refractivity contribution in [3.05, 3.63) is 60.2 Å². The fourth-order valence-electron chi connectivity index (χ4n) is 2.98. The van der Waals surface area contributed by atoms with E-state index in [0.717, 1.165) is 5.56 Å². The normalized spacial score (nSPS) is 17.4. The Hall–Kier alpha value is -2.93. The number of benzene rings is 1. The van der Waals surface area contributed by atoms with Crippen LogP contribution in [0.4, 0.5) is 0 Å². The van der Waals surface area contributed by atoms with Crippen molar-refractivity contribution in [1.29, 1.82) is 0 Å². The third-order valence-corrected chi connectivity index (χ3v) is 4.35. The van der Waals surface area contributed by atoms with Crippen LogP contribution in [0.3, 0.4) is 0 Å². The molecule has 7 nitrogen and oxygen atoms in total.